The molecule has 0 radical (unpaired) electrons. The van der Waals surface area contributed by atoms with Crippen molar-refractivity contribution >= 4 is 11.6 Å². The van der Waals surface area contributed by atoms with Crippen LogP contribution in [0.5, 0.6) is 0 Å². The number of amides is 1. The first-order chi connectivity index (χ1) is 9.65. The van der Waals surface area contributed by atoms with Gasteiger partial charge in [0.2, 0.25) is 5.91 Å². The number of carbonyl (C=O) groups excluding carboxylic acids is 1. The Bertz CT molecular complexity index is 614. The molecule has 1 aromatic heterocycles. The van der Waals surface area contributed by atoms with Crippen LogP contribution >= 0.6 is 0 Å². The number of nitrogens with zero attached hydrogens (tertiary/aromatic N) is 4. The summed E-state index contributed by atoms with van der Waals surface area (Å²) in [6.07, 6.45) is 2.25. The predicted octanol–water partition coefficient (Wildman–Crippen LogP) is 0.961. The van der Waals surface area contributed by atoms with Gasteiger partial charge in [0.15, 0.2) is 5.82 Å². The topological polar surface area (TPSA) is 98.7 Å². The largest absolute Gasteiger partial charge is 0.325 e. The average molecular weight is 272 g/mol. The fourth-order valence-corrected chi connectivity index (χ4v) is 1.91. The highest BCUT2D eigenvalue weighted by molar-refractivity contribution is 5.94. The number of benzene rings is 1. The minimum absolute atomic E-state index is 0.208. The maximum absolute atomic E-state index is 11.5. The van der Waals surface area contributed by atoms with E-state index in [1.165, 1.54) is 0 Å². The number of tetrazole rings is 1. The number of anilines is 1. The van der Waals surface area contributed by atoms with Crippen molar-refractivity contribution in [3.63, 3.8) is 0 Å². The van der Waals surface area contributed by atoms with Crippen LogP contribution < -0.4 is 11.1 Å². The Morgan fingerprint density at radius 2 is 2.10 bits per heavy atom. The van der Waals surface area contributed by atoms with Crippen LogP contribution in [0.4, 0.5) is 5.69 Å². The van der Waals surface area contributed by atoms with Crippen molar-refractivity contribution in [3.05, 3.63) is 24.3 Å². The zero-order chi connectivity index (χ0) is 14.1. The van der Waals surface area contributed by atoms with Crippen molar-refractivity contribution in [3.8, 4) is 11.4 Å². The monoisotopic (exact) mass is 272 g/mol. The lowest BCUT2D eigenvalue weighted by Crippen LogP contribution is -2.32. The Labute approximate surface area is 116 Å². The molecule has 1 heterocycles. The second kappa shape index (κ2) is 5.01. The summed E-state index contributed by atoms with van der Waals surface area (Å²) < 4.78 is 1.86. The van der Waals surface area contributed by atoms with Gasteiger partial charge in [-0.2, -0.15) is 0 Å². The van der Waals surface area contributed by atoms with E-state index in [2.05, 4.69) is 20.8 Å². The highest BCUT2D eigenvalue weighted by Gasteiger charge is 2.28. The molecular weight excluding hydrogens is 256 g/mol. The standard InChI is InChI=1S/C13H16N6O/c1-8(14)13(20)15-10-4-2-9(3-5-10)12-16-17-18-19(12)11-6-7-11/h2-5,8,11H,6-7,14H2,1H3,(H,15,20). The lowest BCUT2D eigenvalue weighted by molar-refractivity contribution is -0.117. The quantitative estimate of drug-likeness (QED) is 0.863. The second-order valence-corrected chi connectivity index (χ2v) is 5.03. The third-order valence-corrected chi connectivity index (χ3v) is 3.21. The van der Waals surface area contributed by atoms with Gasteiger partial charge in [-0.05, 0) is 54.5 Å². The van der Waals surface area contributed by atoms with Crippen molar-refractivity contribution in [2.24, 2.45) is 5.73 Å². The van der Waals surface area contributed by atoms with Gasteiger partial charge in [-0.15, -0.1) is 5.10 Å². The summed E-state index contributed by atoms with van der Waals surface area (Å²) in [4.78, 5) is 11.5. The van der Waals surface area contributed by atoms with E-state index < -0.39 is 6.04 Å². The third kappa shape index (κ3) is 2.53. The minimum Gasteiger partial charge on any atom is -0.325 e. The molecule has 7 heteroatoms. The molecule has 0 spiro atoms. The van der Waals surface area contributed by atoms with Gasteiger partial charge in [0.05, 0.1) is 12.1 Å². The van der Waals surface area contributed by atoms with E-state index in [4.69, 9.17) is 5.73 Å². The van der Waals surface area contributed by atoms with Gasteiger partial charge >= 0.3 is 0 Å². The smallest absolute Gasteiger partial charge is 0.240 e. The second-order valence-electron chi connectivity index (χ2n) is 5.03. The number of rotatable bonds is 4. The Hall–Kier alpha value is -2.28. The summed E-state index contributed by atoms with van der Waals surface area (Å²) >= 11 is 0. The molecule has 1 aliphatic carbocycles. The van der Waals surface area contributed by atoms with Gasteiger partial charge in [0, 0.05) is 11.3 Å². The number of hydrogen-bond donors (Lipinski definition) is 2. The van der Waals surface area contributed by atoms with Gasteiger partial charge in [0.1, 0.15) is 0 Å². The van der Waals surface area contributed by atoms with Crippen LogP contribution in [0.2, 0.25) is 0 Å². The molecule has 1 fully saturated rings. The predicted molar refractivity (Wildman–Crippen MR) is 73.8 cm³/mol. The molecule has 1 aromatic carbocycles. The van der Waals surface area contributed by atoms with Crippen molar-refractivity contribution in [1.82, 2.24) is 20.2 Å². The molecule has 0 aliphatic heterocycles. The first-order valence-corrected chi connectivity index (χ1v) is 6.60. The van der Waals surface area contributed by atoms with Crippen LogP contribution in [0.1, 0.15) is 25.8 Å². The molecule has 3 rings (SSSR count). The van der Waals surface area contributed by atoms with Crippen molar-refractivity contribution in [1.29, 1.82) is 0 Å². The van der Waals surface area contributed by atoms with Crippen LogP contribution in [0.25, 0.3) is 11.4 Å². The normalized spacial score (nSPS) is 15.9. The van der Waals surface area contributed by atoms with E-state index >= 15 is 0 Å². The van der Waals surface area contributed by atoms with Crippen LogP contribution in [-0.2, 0) is 4.79 Å². The van der Waals surface area contributed by atoms with Gasteiger partial charge < -0.3 is 11.1 Å². The zero-order valence-electron chi connectivity index (χ0n) is 11.2. The molecule has 1 saturated carbocycles. The van der Waals surface area contributed by atoms with E-state index in [1.54, 1.807) is 6.92 Å². The van der Waals surface area contributed by atoms with E-state index in [-0.39, 0.29) is 5.91 Å². The number of carbonyl (C=O) groups is 1. The lowest BCUT2D eigenvalue weighted by Gasteiger charge is -2.08. The van der Waals surface area contributed by atoms with Gasteiger partial charge in [0.25, 0.3) is 0 Å². The average Bonchev–Trinajstić information content (AvgIpc) is 3.17. The fourth-order valence-electron chi connectivity index (χ4n) is 1.91. The number of nitrogens with one attached hydrogen (secondary N) is 1. The summed E-state index contributed by atoms with van der Waals surface area (Å²) in [5.41, 5.74) is 7.15. The first-order valence-electron chi connectivity index (χ1n) is 6.60. The van der Waals surface area contributed by atoms with Crippen LogP contribution in [0.15, 0.2) is 24.3 Å². The minimum atomic E-state index is -0.531. The summed E-state index contributed by atoms with van der Waals surface area (Å²) in [7, 11) is 0. The van der Waals surface area contributed by atoms with E-state index in [0.717, 1.165) is 24.2 Å². The van der Waals surface area contributed by atoms with Crippen LogP contribution in [0.3, 0.4) is 0 Å². The maximum Gasteiger partial charge on any atom is 0.240 e. The van der Waals surface area contributed by atoms with Gasteiger partial charge in [-0.3, -0.25) is 4.79 Å². The Kier molecular flexibility index (Phi) is 3.19. The zero-order valence-corrected chi connectivity index (χ0v) is 11.2. The summed E-state index contributed by atoms with van der Waals surface area (Å²) in [6.45, 7) is 1.65. The van der Waals surface area contributed by atoms with Crippen LogP contribution in [-0.4, -0.2) is 32.2 Å². The number of hydrogen-bond acceptors (Lipinski definition) is 5. The fraction of sp³-hybridized carbons (Fsp3) is 0.385. The molecule has 1 aliphatic rings. The number of aromatic nitrogens is 4. The molecule has 3 N–H and O–H groups in total. The maximum atomic E-state index is 11.5. The molecular formula is C13H16N6O. The number of nitrogens with two attached hydrogens (primary N) is 1. The highest BCUT2D eigenvalue weighted by atomic mass is 16.2. The van der Waals surface area contributed by atoms with E-state index in [0.29, 0.717) is 11.7 Å². The molecule has 1 atom stereocenters. The Morgan fingerprint density at radius 1 is 1.40 bits per heavy atom. The summed E-state index contributed by atoms with van der Waals surface area (Å²) in [6, 6.07) is 7.32. The third-order valence-electron chi connectivity index (χ3n) is 3.21. The van der Waals surface area contributed by atoms with Gasteiger partial charge in [-0.25, -0.2) is 4.68 Å². The van der Waals surface area contributed by atoms with Crippen LogP contribution in [0, 0.1) is 0 Å². The molecule has 20 heavy (non-hydrogen) atoms. The first kappa shape index (κ1) is 12.7. The van der Waals surface area contributed by atoms with E-state index in [9.17, 15) is 4.79 Å². The molecule has 1 amide bonds. The summed E-state index contributed by atoms with van der Waals surface area (Å²) in [5, 5.41) is 14.6. The van der Waals surface area contributed by atoms with E-state index in [1.807, 2.05) is 28.9 Å². The highest BCUT2D eigenvalue weighted by Crippen LogP contribution is 2.36. The molecule has 7 nitrogen and oxygen atoms in total. The molecule has 1 unspecified atom stereocenters. The van der Waals surface area contributed by atoms with Crippen molar-refractivity contribution < 1.29 is 4.79 Å². The van der Waals surface area contributed by atoms with Gasteiger partial charge in [-0.1, -0.05) is 0 Å². The Balaban J connectivity index is 1.79. The Morgan fingerprint density at radius 3 is 2.70 bits per heavy atom. The summed E-state index contributed by atoms with van der Waals surface area (Å²) in [5.74, 6) is 0.554. The lowest BCUT2D eigenvalue weighted by atomic mass is 10.2. The molecule has 0 bridgehead atoms. The van der Waals surface area contributed by atoms with Crippen molar-refractivity contribution in [2.45, 2.75) is 31.8 Å². The SMILES string of the molecule is CC(N)C(=O)Nc1ccc(-c2nnnn2C2CC2)cc1. The van der Waals surface area contributed by atoms with Crippen molar-refractivity contribution in [2.75, 3.05) is 5.32 Å². The molecule has 104 valence electrons. The molecule has 0 saturated heterocycles. The molecule has 2 aromatic rings.